The number of alkyl halides is 4. The molecule has 1 nitrogen and oxygen atoms in total. The molecule has 0 bridgehead atoms. The van der Waals surface area contributed by atoms with E-state index in [1.807, 2.05) is 0 Å². The minimum atomic E-state index is -4.07. The highest BCUT2D eigenvalue weighted by Gasteiger charge is 2.42. The Morgan fingerprint density at radius 1 is 1.19 bits per heavy atom. The van der Waals surface area contributed by atoms with Gasteiger partial charge >= 0.3 is 12.3 Å². The molecule has 1 aromatic carbocycles. The van der Waals surface area contributed by atoms with Crippen LogP contribution in [0.15, 0.2) is 24.3 Å². The molecular weight excluding hydrogens is 222 g/mol. The van der Waals surface area contributed by atoms with E-state index in [0.717, 1.165) is 17.7 Å². The summed E-state index contributed by atoms with van der Waals surface area (Å²) < 4.78 is 49.9. The smallest absolute Gasteiger partial charge is 0.319 e. The lowest BCUT2D eigenvalue weighted by Crippen LogP contribution is -2.23. The van der Waals surface area contributed by atoms with Gasteiger partial charge in [-0.15, -0.1) is 0 Å². The van der Waals surface area contributed by atoms with Gasteiger partial charge in [0.05, 0.1) is 0 Å². The van der Waals surface area contributed by atoms with E-state index in [4.69, 9.17) is 0 Å². The second kappa shape index (κ2) is 5.30. The SMILES string of the molecule is CNCCc1ccc(C(F)(F)C(F)F)cc1. The summed E-state index contributed by atoms with van der Waals surface area (Å²) in [5.74, 6) is -4.07. The Kier molecular flexibility index (Phi) is 4.29. The highest BCUT2D eigenvalue weighted by Crippen LogP contribution is 2.34. The molecule has 1 aromatic rings. The van der Waals surface area contributed by atoms with Crippen molar-refractivity contribution in [1.29, 1.82) is 0 Å². The van der Waals surface area contributed by atoms with E-state index in [0.29, 0.717) is 13.0 Å². The van der Waals surface area contributed by atoms with Gasteiger partial charge in [0.2, 0.25) is 0 Å². The molecule has 90 valence electrons. The molecule has 0 aromatic heterocycles. The van der Waals surface area contributed by atoms with Crippen molar-refractivity contribution < 1.29 is 17.6 Å². The first kappa shape index (κ1) is 13.0. The molecule has 0 aliphatic heterocycles. The van der Waals surface area contributed by atoms with E-state index in [1.54, 1.807) is 7.05 Å². The van der Waals surface area contributed by atoms with Gasteiger partial charge in [0.1, 0.15) is 0 Å². The monoisotopic (exact) mass is 235 g/mol. The molecule has 0 aliphatic rings. The van der Waals surface area contributed by atoms with Crippen LogP contribution >= 0.6 is 0 Å². The zero-order valence-corrected chi connectivity index (χ0v) is 8.81. The lowest BCUT2D eigenvalue weighted by atomic mass is 10.0. The van der Waals surface area contributed by atoms with E-state index < -0.39 is 17.9 Å². The molecule has 0 heterocycles. The van der Waals surface area contributed by atoms with Crippen molar-refractivity contribution in [3.05, 3.63) is 35.4 Å². The summed E-state index contributed by atoms with van der Waals surface area (Å²) in [5, 5.41) is 2.91. The lowest BCUT2D eigenvalue weighted by molar-refractivity contribution is -0.135. The molecule has 0 aliphatic carbocycles. The molecule has 0 saturated carbocycles. The maximum atomic E-state index is 12.9. The van der Waals surface area contributed by atoms with Crippen LogP contribution in [0, 0.1) is 0 Å². The first-order valence-corrected chi connectivity index (χ1v) is 4.88. The Morgan fingerprint density at radius 3 is 2.19 bits per heavy atom. The third-order valence-corrected chi connectivity index (χ3v) is 2.28. The maximum absolute atomic E-state index is 12.9. The van der Waals surface area contributed by atoms with E-state index >= 15 is 0 Å². The predicted octanol–water partition coefficient (Wildman–Crippen LogP) is 2.81. The molecule has 0 radical (unpaired) electrons. The van der Waals surface area contributed by atoms with Crippen LogP contribution in [0.25, 0.3) is 0 Å². The number of rotatable bonds is 5. The Hall–Kier alpha value is -1.10. The normalized spacial score (nSPS) is 12.1. The highest BCUT2D eigenvalue weighted by atomic mass is 19.3. The van der Waals surface area contributed by atoms with Gasteiger partial charge in [-0.1, -0.05) is 24.3 Å². The van der Waals surface area contributed by atoms with Crippen LogP contribution in [0.5, 0.6) is 0 Å². The number of nitrogens with one attached hydrogen (secondary N) is 1. The fraction of sp³-hybridized carbons (Fsp3) is 0.455. The second-order valence-electron chi connectivity index (χ2n) is 3.47. The molecule has 0 fully saturated rings. The third-order valence-electron chi connectivity index (χ3n) is 2.28. The molecule has 0 amide bonds. The average molecular weight is 235 g/mol. The standard InChI is InChI=1S/C11H13F4N/c1-16-7-6-8-2-4-9(5-3-8)11(14,15)10(12)13/h2-5,10,16H,6-7H2,1H3. The van der Waals surface area contributed by atoms with E-state index in [2.05, 4.69) is 5.32 Å². The van der Waals surface area contributed by atoms with Crippen molar-refractivity contribution in [3.8, 4) is 0 Å². The largest absolute Gasteiger partial charge is 0.332 e. The first-order chi connectivity index (χ1) is 7.48. The van der Waals surface area contributed by atoms with Crippen LogP contribution in [0.2, 0.25) is 0 Å². The van der Waals surface area contributed by atoms with Crippen molar-refractivity contribution in [2.75, 3.05) is 13.6 Å². The Bertz CT molecular complexity index is 321. The van der Waals surface area contributed by atoms with E-state index in [1.165, 1.54) is 12.1 Å². The van der Waals surface area contributed by atoms with Gasteiger partial charge in [-0.05, 0) is 25.6 Å². The highest BCUT2D eigenvalue weighted by molar-refractivity contribution is 5.26. The van der Waals surface area contributed by atoms with Gasteiger partial charge in [-0.25, -0.2) is 8.78 Å². The van der Waals surface area contributed by atoms with Gasteiger partial charge in [0.25, 0.3) is 0 Å². The lowest BCUT2D eigenvalue weighted by Gasteiger charge is -2.15. The van der Waals surface area contributed by atoms with Crippen LogP contribution in [0.1, 0.15) is 11.1 Å². The Morgan fingerprint density at radius 2 is 1.75 bits per heavy atom. The summed E-state index contributed by atoms with van der Waals surface area (Å²) in [4.78, 5) is 0. The summed E-state index contributed by atoms with van der Waals surface area (Å²) in [6.45, 7) is 0.713. The van der Waals surface area contributed by atoms with Crippen LogP contribution in [-0.2, 0) is 12.3 Å². The third kappa shape index (κ3) is 2.95. The van der Waals surface area contributed by atoms with Crippen LogP contribution in [0.4, 0.5) is 17.6 Å². The van der Waals surface area contributed by atoms with Crippen LogP contribution < -0.4 is 5.32 Å². The molecule has 5 heteroatoms. The molecule has 0 unspecified atom stereocenters. The summed E-state index contributed by atoms with van der Waals surface area (Å²) in [5.41, 5.74) is 0.193. The number of benzene rings is 1. The van der Waals surface area contributed by atoms with Gasteiger partial charge in [-0.3, -0.25) is 0 Å². The number of halogens is 4. The zero-order chi connectivity index (χ0) is 12.2. The Balaban J connectivity index is 2.78. The van der Waals surface area contributed by atoms with Gasteiger partial charge in [0.15, 0.2) is 0 Å². The summed E-state index contributed by atoms with van der Waals surface area (Å²) in [7, 11) is 1.78. The van der Waals surface area contributed by atoms with Crippen molar-refractivity contribution in [1.82, 2.24) is 5.32 Å². The minimum absolute atomic E-state index is 0.643. The average Bonchev–Trinajstić information content (AvgIpc) is 2.26. The van der Waals surface area contributed by atoms with E-state index in [9.17, 15) is 17.6 Å². The fourth-order valence-corrected chi connectivity index (χ4v) is 1.29. The maximum Gasteiger partial charge on any atom is 0.332 e. The van der Waals surface area contributed by atoms with Crippen LogP contribution in [-0.4, -0.2) is 20.0 Å². The molecule has 0 spiro atoms. The molecule has 0 saturated heterocycles. The molecule has 16 heavy (non-hydrogen) atoms. The number of hydrogen-bond donors (Lipinski definition) is 1. The predicted molar refractivity (Wildman–Crippen MR) is 54.0 cm³/mol. The molecule has 1 N–H and O–H groups in total. The Labute approximate surface area is 91.5 Å². The number of hydrogen-bond acceptors (Lipinski definition) is 1. The quantitative estimate of drug-likeness (QED) is 0.774. The van der Waals surface area contributed by atoms with Crippen molar-refractivity contribution in [3.63, 3.8) is 0 Å². The zero-order valence-electron chi connectivity index (χ0n) is 8.81. The molecule has 1 rings (SSSR count). The van der Waals surface area contributed by atoms with Crippen molar-refractivity contribution in [2.45, 2.75) is 18.8 Å². The van der Waals surface area contributed by atoms with Crippen molar-refractivity contribution >= 4 is 0 Å². The van der Waals surface area contributed by atoms with E-state index in [-0.39, 0.29) is 0 Å². The topological polar surface area (TPSA) is 12.0 Å². The minimum Gasteiger partial charge on any atom is -0.319 e. The second-order valence-corrected chi connectivity index (χ2v) is 3.47. The molecule has 0 atom stereocenters. The van der Waals surface area contributed by atoms with Crippen molar-refractivity contribution in [2.24, 2.45) is 0 Å². The fourth-order valence-electron chi connectivity index (χ4n) is 1.29. The van der Waals surface area contributed by atoms with Gasteiger partial charge in [0, 0.05) is 5.56 Å². The summed E-state index contributed by atoms with van der Waals surface area (Å²) in [6.07, 6.45) is -2.99. The summed E-state index contributed by atoms with van der Waals surface area (Å²) in [6, 6.07) is 5.00. The van der Waals surface area contributed by atoms with Gasteiger partial charge < -0.3 is 5.32 Å². The summed E-state index contributed by atoms with van der Waals surface area (Å²) >= 11 is 0. The van der Waals surface area contributed by atoms with Crippen LogP contribution in [0.3, 0.4) is 0 Å². The van der Waals surface area contributed by atoms with Gasteiger partial charge in [-0.2, -0.15) is 8.78 Å². The first-order valence-electron chi connectivity index (χ1n) is 4.88. The molecular formula is C11H13F4N. The number of likely N-dealkylation sites (N-methyl/N-ethyl adjacent to an activating group) is 1.